The maximum Gasteiger partial charge on any atom is 0.405 e. The van der Waals surface area contributed by atoms with Gasteiger partial charge in [0.25, 0.3) is 0 Å². The summed E-state index contributed by atoms with van der Waals surface area (Å²) in [7, 11) is 0. The van der Waals surface area contributed by atoms with Crippen LogP contribution >= 0.6 is 0 Å². The van der Waals surface area contributed by atoms with Crippen LogP contribution in [0.25, 0.3) is 22.3 Å². The topological polar surface area (TPSA) is 140 Å². The second-order valence-corrected chi connectivity index (χ2v) is 8.25. The summed E-state index contributed by atoms with van der Waals surface area (Å²) in [5, 5.41) is 30.6. The fraction of sp³-hybridized carbons (Fsp3) is 0.240. The zero-order valence-corrected chi connectivity index (χ0v) is 18.8. The van der Waals surface area contributed by atoms with E-state index < -0.39 is 6.09 Å². The third kappa shape index (κ3) is 4.84. The van der Waals surface area contributed by atoms with Crippen molar-refractivity contribution in [2.24, 2.45) is 0 Å². The Kier molecular flexibility index (Phi) is 6.13. The molecule has 0 radical (unpaired) electrons. The quantitative estimate of drug-likeness (QED) is 0.334. The Labute approximate surface area is 201 Å². The Morgan fingerprint density at radius 2 is 1.94 bits per heavy atom. The van der Waals surface area contributed by atoms with Gasteiger partial charge in [-0.2, -0.15) is 0 Å². The first kappa shape index (κ1) is 22.2. The van der Waals surface area contributed by atoms with Crippen LogP contribution in [-0.2, 0) is 0 Å². The van der Waals surface area contributed by atoms with Gasteiger partial charge in [-0.15, -0.1) is 10.2 Å². The highest BCUT2D eigenvalue weighted by molar-refractivity contribution is 5.84. The van der Waals surface area contributed by atoms with Crippen LogP contribution in [0.3, 0.4) is 0 Å². The highest BCUT2D eigenvalue weighted by Crippen LogP contribution is 2.35. The predicted octanol–water partition coefficient (Wildman–Crippen LogP) is 3.12. The molecule has 1 aliphatic rings. The number of fused-ring (bicyclic) bond motifs is 1. The second kappa shape index (κ2) is 9.69. The summed E-state index contributed by atoms with van der Waals surface area (Å²) in [6, 6.07) is 9.12. The number of H-pyrrole nitrogens is 1. The van der Waals surface area contributed by atoms with Gasteiger partial charge in [-0.05, 0) is 42.5 Å². The smallest absolute Gasteiger partial charge is 0.405 e. The van der Waals surface area contributed by atoms with E-state index in [1.165, 1.54) is 5.56 Å². The number of para-hydroxylation sites is 1. The van der Waals surface area contributed by atoms with E-state index in [0.717, 1.165) is 37.0 Å². The number of carboxylic acid groups (broad SMARTS) is 1. The standard InChI is InChI=1S/C25H23N7O3/c33-22-6-2-1-5-18(22)21-12-19-20(15-27-23(19)31-30-21)17-7-10-32(11-8-17)24-28-13-16(14-29-24)4-3-9-26-25(34)35/h1-2,5-6,12-15,17,26,33H,7-11H2,(H,27,31)(H,34,35). The van der Waals surface area contributed by atoms with Gasteiger partial charge in [0.1, 0.15) is 5.75 Å². The number of nitrogens with one attached hydrogen (secondary N) is 2. The summed E-state index contributed by atoms with van der Waals surface area (Å²) in [6.45, 7) is 1.68. The molecule has 0 saturated carbocycles. The number of rotatable bonds is 4. The molecule has 4 N–H and O–H groups in total. The molecule has 10 nitrogen and oxygen atoms in total. The summed E-state index contributed by atoms with van der Waals surface area (Å²) in [5.41, 5.74) is 3.88. The van der Waals surface area contributed by atoms with E-state index in [0.29, 0.717) is 28.7 Å². The molecule has 0 atom stereocenters. The molecule has 1 aliphatic heterocycles. The molecule has 176 valence electrons. The lowest BCUT2D eigenvalue weighted by Crippen LogP contribution is -2.34. The lowest BCUT2D eigenvalue weighted by Gasteiger charge is -2.31. The molecule has 0 bridgehead atoms. The van der Waals surface area contributed by atoms with Crippen LogP contribution in [0.15, 0.2) is 48.9 Å². The lowest BCUT2D eigenvalue weighted by atomic mass is 9.89. The Balaban J connectivity index is 1.26. The minimum atomic E-state index is -1.11. The Morgan fingerprint density at radius 3 is 2.69 bits per heavy atom. The number of benzene rings is 1. The maximum absolute atomic E-state index is 10.5. The third-order valence-corrected chi connectivity index (χ3v) is 6.07. The molecule has 10 heteroatoms. The molecule has 35 heavy (non-hydrogen) atoms. The van der Waals surface area contributed by atoms with Gasteiger partial charge >= 0.3 is 6.09 Å². The predicted molar refractivity (Wildman–Crippen MR) is 130 cm³/mol. The monoisotopic (exact) mass is 469 g/mol. The number of aromatic hydroxyl groups is 1. The molecule has 0 aliphatic carbocycles. The van der Waals surface area contributed by atoms with Crippen molar-refractivity contribution in [3.63, 3.8) is 0 Å². The van der Waals surface area contributed by atoms with Crippen LogP contribution in [0, 0.1) is 11.8 Å². The first-order valence-electron chi connectivity index (χ1n) is 11.2. The number of phenolic OH excluding ortho intramolecular Hbond substituents is 1. The van der Waals surface area contributed by atoms with Crippen molar-refractivity contribution in [2.45, 2.75) is 18.8 Å². The molecule has 1 fully saturated rings. The third-order valence-electron chi connectivity index (χ3n) is 6.07. The van der Waals surface area contributed by atoms with Crippen LogP contribution in [0.1, 0.15) is 29.9 Å². The van der Waals surface area contributed by atoms with Crippen LogP contribution in [0.5, 0.6) is 5.75 Å². The minimum absolute atomic E-state index is 0.0536. The number of aromatic nitrogens is 5. The molecule has 0 unspecified atom stereocenters. The molecule has 1 aromatic carbocycles. The highest BCUT2D eigenvalue weighted by Gasteiger charge is 2.25. The molecular weight excluding hydrogens is 446 g/mol. The van der Waals surface area contributed by atoms with Crippen molar-refractivity contribution in [1.82, 2.24) is 30.5 Å². The van der Waals surface area contributed by atoms with E-state index in [4.69, 9.17) is 5.11 Å². The Morgan fingerprint density at radius 1 is 1.17 bits per heavy atom. The Bertz CT molecular complexity index is 1410. The minimum Gasteiger partial charge on any atom is -0.507 e. The fourth-order valence-electron chi connectivity index (χ4n) is 4.31. The highest BCUT2D eigenvalue weighted by atomic mass is 16.4. The van der Waals surface area contributed by atoms with Crippen LogP contribution in [0.4, 0.5) is 10.7 Å². The van der Waals surface area contributed by atoms with Gasteiger partial charge in [0.15, 0.2) is 5.65 Å². The van der Waals surface area contributed by atoms with E-state index >= 15 is 0 Å². The second-order valence-electron chi connectivity index (χ2n) is 8.25. The van der Waals surface area contributed by atoms with Gasteiger partial charge in [-0.25, -0.2) is 14.8 Å². The molecule has 1 saturated heterocycles. The number of phenols is 1. The van der Waals surface area contributed by atoms with Crippen molar-refractivity contribution in [3.05, 3.63) is 60.0 Å². The van der Waals surface area contributed by atoms with Gasteiger partial charge in [-0.3, -0.25) is 0 Å². The number of carbonyl (C=O) groups is 1. The van der Waals surface area contributed by atoms with Crippen LogP contribution in [-0.4, -0.2) is 61.1 Å². The number of amides is 1. The molecule has 4 aromatic rings. The van der Waals surface area contributed by atoms with Crippen LogP contribution in [0.2, 0.25) is 0 Å². The first-order chi connectivity index (χ1) is 17.1. The van der Waals surface area contributed by atoms with Crippen molar-refractivity contribution in [2.75, 3.05) is 24.5 Å². The summed E-state index contributed by atoms with van der Waals surface area (Å²) in [5.74, 6) is 6.76. The number of piperidine rings is 1. The molecule has 4 heterocycles. The molecule has 3 aromatic heterocycles. The van der Waals surface area contributed by atoms with Gasteiger partial charge in [0, 0.05) is 42.6 Å². The SMILES string of the molecule is O=C(O)NCC#Cc1cnc(N2CCC(c3c[nH]c4nnc(-c5ccccc5O)cc34)CC2)nc1. The van der Waals surface area contributed by atoms with Gasteiger partial charge in [-0.1, -0.05) is 24.0 Å². The summed E-state index contributed by atoms with van der Waals surface area (Å²) in [6.07, 6.45) is 6.09. The maximum atomic E-state index is 10.5. The van der Waals surface area contributed by atoms with E-state index in [1.807, 2.05) is 24.4 Å². The van der Waals surface area contributed by atoms with Crippen molar-refractivity contribution in [1.29, 1.82) is 0 Å². The normalized spacial score (nSPS) is 13.9. The Hall–Kier alpha value is -4.65. The van der Waals surface area contributed by atoms with E-state index in [9.17, 15) is 9.90 Å². The average molecular weight is 470 g/mol. The molecule has 1 amide bonds. The fourth-order valence-corrected chi connectivity index (χ4v) is 4.31. The van der Waals surface area contributed by atoms with Gasteiger partial charge < -0.3 is 25.4 Å². The number of anilines is 1. The van der Waals surface area contributed by atoms with E-state index in [-0.39, 0.29) is 12.3 Å². The summed E-state index contributed by atoms with van der Waals surface area (Å²) < 4.78 is 0. The van der Waals surface area contributed by atoms with E-state index in [1.54, 1.807) is 24.5 Å². The van der Waals surface area contributed by atoms with Crippen molar-refractivity contribution < 1.29 is 15.0 Å². The largest absolute Gasteiger partial charge is 0.507 e. The van der Waals surface area contributed by atoms with Gasteiger partial charge in [0.2, 0.25) is 5.95 Å². The first-order valence-corrected chi connectivity index (χ1v) is 11.2. The number of hydrogen-bond donors (Lipinski definition) is 4. The zero-order valence-electron chi connectivity index (χ0n) is 18.8. The van der Waals surface area contributed by atoms with Crippen molar-refractivity contribution >= 4 is 23.1 Å². The van der Waals surface area contributed by atoms with E-state index in [2.05, 4.69) is 47.2 Å². The van der Waals surface area contributed by atoms with Crippen LogP contribution < -0.4 is 10.2 Å². The number of aromatic amines is 1. The molecule has 0 spiro atoms. The zero-order chi connectivity index (χ0) is 24.2. The molecular formula is C25H23N7O3. The average Bonchev–Trinajstić information content (AvgIpc) is 3.31. The number of nitrogens with zero attached hydrogens (tertiary/aromatic N) is 5. The van der Waals surface area contributed by atoms with Gasteiger partial charge in [0.05, 0.1) is 17.8 Å². The summed E-state index contributed by atoms with van der Waals surface area (Å²) >= 11 is 0. The summed E-state index contributed by atoms with van der Waals surface area (Å²) in [4.78, 5) is 24.7. The molecule has 5 rings (SSSR count). The van der Waals surface area contributed by atoms with Crippen molar-refractivity contribution in [3.8, 4) is 28.8 Å². The lowest BCUT2D eigenvalue weighted by molar-refractivity contribution is 0.196. The number of hydrogen-bond acceptors (Lipinski definition) is 7.